The first-order valence-corrected chi connectivity index (χ1v) is 10.8. The molecule has 0 saturated carbocycles. The Morgan fingerprint density at radius 3 is 2.69 bits per heavy atom. The van der Waals surface area contributed by atoms with Gasteiger partial charge < -0.3 is 20.7 Å². The van der Waals surface area contributed by atoms with Crippen LogP contribution >= 0.6 is 24.0 Å². The minimum atomic E-state index is -2.98. The van der Waals surface area contributed by atoms with Crippen LogP contribution in [0.1, 0.15) is 39.5 Å². The number of rotatable bonds is 7. The zero-order chi connectivity index (χ0) is 18.3. The van der Waals surface area contributed by atoms with Gasteiger partial charge in [-0.15, -0.1) is 24.0 Å². The molecule has 0 aromatic rings. The molecule has 0 spiro atoms. The largest absolute Gasteiger partial charge is 0.373 e. The van der Waals surface area contributed by atoms with Gasteiger partial charge in [-0.25, -0.2) is 8.42 Å². The van der Waals surface area contributed by atoms with E-state index in [9.17, 15) is 13.2 Å². The second-order valence-corrected chi connectivity index (χ2v) is 9.17. The number of aliphatic imine (C=N–C) groups is 1. The molecule has 0 bridgehead atoms. The maximum Gasteiger partial charge on any atom is 0.222 e. The first kappa shape index (κ1) is 23.4. The van der Waals surface area contributed by atoms with Crippen LogP contribution < -0.4 is 16.0 Å². The minimum absolute atomic E-state index is 0. The molecule has 2 unspecified atom stereocenters. The molecule has 0 aromatic carbocycles. The Bertz CT molecular complexity index is 591. The summed E-state index contributed by atoms with van der Waals surface area (Å²) in [4.78, 5) is 16.5. The van der Waals surface area contributed by atoms with Gasteiger partial charge >= 0.3 is 0 Å². The van der Waals surface area contributed by atoms with E-state index in [1.54, 1.807) is 0 Å². The molecule has 2 saturated heterocycles. The summed E-state index contributed by atoms with van der Waals surface area (Å²) in [6, 6.07) is -0.251. The van der Waals surface area contributed by atoms with Crippen LogP contribution in [-0.2, 0) is 19.4 Å². The van der Waals surface area contributed by atoms with Crippen LogP contribution in [0.25, 0.3) is 0 Å². The van der Waals surface area contributed by atoms with Gasteiger partial charge in [-0.1, -0.05) is 0 Å². The van der Waals surface area contributed by atoms with Gasteiger partial charge in [0.25, 0.3) is 0 Å². The normalized spacial score (nSPS) is 27.6. The zero-order valence-electron chi connectivity index (χ0n) is 15.5. The Hall–Kier alpha value is -0.620. The number of hydrogen-bond donors (Lipinski definition) is 3. The maximum atomic E-state index is 11.9. The van der Waals surface area contributed by atoms with Crippen molar-refractivity contribution in [2.24, 2.45) is 4.99 Å². The highest BCUT2D eigenvalue weighted by Crippen LogP contribution is 2.24. The van der Waals surface area contributed by atoms with Gasteiger partial charge in [-0.05, 0) is 33.1 Å². The van der Waals surface area contributed by atoms with Gasteiger partial charge in [0.2, 0.25) is 5.91 Å². The van der Waals surface area contributed by atoms with Crippen LogP contribution in [0.5, 0.6) is 0 Å². The molecule has 0 aromatic heterocycles. The summed E-state index contributed by atoms with van der Waals surface area (Å²) in [6.07, 6.45) is 2.84. The Balaban J connectivity index is 0.00000338. The molecule has 8 nitrogen and oxygen atoms in total. The van der Waals surface area contributed by atoms with E-state index >= 15 is 0 Å². The highest BCUT2D eigenvalue weighted by atomic mass is 127. The van der Waals surface area contributed by atoms with E-state index in [0.29, 0.717) is 25.5 Å². The highest BCUT2D eigenvalue weighted by molar-refractivity contribution is 14.0. The highest BCUT2D eigenvalue weighted by Gasteiger charge is 2.30. The average molecular weight is 502 g/mol. The van der Waals surface area contributed by atoms with Crippen molar-refractivity contribution in [1.82, 2.24) is 16.0 Å². The Labute approximate surface area is 173 Å². The molecule has 2 fully saturated rings. The second-order valence-electron chi connectivity index (χ2n) is 6.94. The first-order valence-electron chi connectivity index (χ1n) is 8.98. The quantitative estimate of drug-likeness (QED) is 0.265. The number of carbonyl (C=O) groups excluding carboxylic acids is 1. The number of amides is 1. The summed E-state index contributed by atoms with van der Waals surface area (Å²) < 4.78 is 28.5. The molecule has 152 valence electrons. The minimum Gasteiger partial charge on any atom is -0.373 e. The number of nitrogens with one attached hydrogen (secondary N) is 3. The molecular weight excluding hydrogens is 471 g/mol. The van der Waals surface area contributed by atoms with Crippen molar-refractivity contribution < 1.29 is 17.9 Å². The Morgan fingerprint density at radius 2 is 2.12 bits per heavy atom. The predicted octanol–water partition coefficient (Wildman–Crippen LogP) is 0.422. The lowest BCUT2D eigenvalue weighted by atomic mass is 10.0. The average Bonchev–Trinajstić information content (AvgIpc) is 3.11. The molecule has 0 aliphatic carbocycles. The van der Waals surface area contributed by atoms with E-state index in [2.05, 4.69) is 27.9 Å². The zero-order valence-corrected chi connectivity index (χ0v) is 18.7. The van der Waals surface area contributed by atoms with Crippen molar-refractivity contribution in [3.63, 3.8) is 0 Å². The number of hydrogen-bond acceptors (Lipinski definition) is 5. The van der Waals surface area contributed by atoms with Crippen LogP contribution in [0.4, 0.5) is 0 Å². The molecule has 2 aliphatic heterocycles. The summed E-state index contributed by atoms with van der Waals surface area (Å²) in [5.74, 6) is 0.732. The number of guanidine groups is 1. The van der Waals surface area contributed by atoms with Gasteiger partial charge in [0.15, 0.2) is 15.8 Å². The van der Waals surface area contributed by atoms with Gasteiger partial charge in [0.05, 0.1) is 23.7 Å². The number of halogens is 1. The van der Waals surface area contributed by atoms with Crippen LogP contribution in [0.3, 0.4) is 0 Å². The van der Waals surface area contributed by atoms with E-state index in [1.165, 1.54) is 0 Å². The Kier molecular flexibility index (Phi) is 9.59. The monoisotopic (exact) mass is 502 g/mol. The summed E-state index contributed by atoms with van der Waals surface area (Å²) in [5.41, 5.74) is -0.201. The lowest BCUT2D eigenvalue weighted by Gasteiger charge is -2.21. The predicted molar refractivity (Wildman–Crippen MR) is 113 cm³/mol. The van der Waals surface area contributed by atoms with Gasteiger partial charge in [0, 0.05) is 32.2 Å². The fourth-order valence-corrected chi connectivity index (χ4v) is 4.73. The lowest BCUT2D eigenvalue weighted by molar-refractivity contribution is -0.121. The summed E-state index contributed by atoms with van der Waals surface area (Å²) in [6.45, 7) is 6.58. The molecule has 1 amide bonds. The SMILES string of the molecule is CCNC(=NCC1(C)CCCO1)NCCC(=O)NC1CCS(=O)(=O)C1.I. The third-order valence-corrected chi connectivity index (χ3v) is 6.23. The Morgan fingerprint density at radius 1 is 1.35 bits per heavy atom. The van der Waals surface area contributed by atoms with E-state index in [0.717, 1.165) is 26.0 Å². The summed E-state index contributed by atoms with van der Waals surface area (Å²) in [5, 5.41) is 9.08. The van der Waals surface area contributed by atoms with E-state index < -0.39 is 9.84 Å². The fourth-order valence-electron chi connectivity index (χ4n) is 3.05. The third kappa shape index (κ3) is 7.95. The number of carbonyl (C=O) groups is 1. The van der Waals surface area contributed by atoms with E-state index in [1.807, 2.05) is 6.92 Å². The molecule has 2 atom stereocenters. The van der Waals surface area contributed by atoms with Crippen molar-refractivity contribution in [3.05, 3.63) is 0 Å². The molecule has 2 heterocycles. The van der Waals surface area contributed by atoms with Crippen molar-refractivity contribution >= 4 is 45.7 Å². The van der Waals surface area contributed by atoms with Crippen LogP contribution in [-0.4, -0.2) is 69.7 Å². The maximum absolute atomic E-state index is 11.9. The van der Waals surface area contributed by atoms with Crippen molar-refractivity contribution in [2.45, 2.75) is 51.2 Å². The molecule has 3 N–H and O–H groups in total. The van der Waals surface area contributed by atoms with Crippen molar-refractivity contribution in [2.75, 3.05) is 37.7 Å². The van der Waals surface area contributed by atoms with Crippen molar-refractivity contribution in [3.8, 4) is 0 Å². The molecular formula is C16H31IN4O4S. The molecule has 2 rings (SSSR count). The van der Waals surface area contributed by atoms with E-state index in [4.69, 9.17) is 4.74 Å². The van der Waals surface area contributed by atoms with Crippen LogP contribution in [0.2, 0.25) is 0 Å². The number of nitrogens with zero attached hydrogens (tertiary/aromatic N) is 1. The number of sulfone groups is 1. The smallest absolute Gasteiger partial charge is 0.222 e. The standard InChI is InChI=1S/C16H30N4O4S.HI/c1-3-17-15(19-12-16(2)7-4-9-24-16)18-8-5-14(21)20-13-6-10-25(22,23)11-13;/h13H,3-12H2,1-2H3,(H,20,21)(H2,17,18,19);1H. The molecule has 26 heavy (non-hydrogen) atoms. The molecule has 10 heteroatoms. The van der Waals surface area contributed by atoms with Crippen LogP contribution in [0.15, 0.2) is 4.99 Å². The number of ether oxygens (including phenoxy) is 1. The molecule has 2 aliphatic rings. The first-order chi connectivity index (χ1) is 11.8. The van der Waals surface area contributed by atoms with Gasteiger partial charge in [0.1, 0.15) is 0 Å². The molecule has 0 radical (unpaired) electrons. The van der Waals surface area contributed by atoms with Gasteiger partial charge in [-0.3, -0.25) is 9.79 Å². The third-order valence-electron chi connectivity index (χ3n) is 4.46. The van der Waals surface area contributed by atoms with Gasteiger partial charge in [-0.2, -0.15) is 0 Å². The second kappa shape index (κ2) is 10.6. The topological polar surface area (TPSA) is 109 Å². The summed E-state index contributed by atoms with van der Waals surface area (Å²) in [7, 11) is -2.98. The van der Waals surface area contributed by atoms with Crippen LogP contribution in [0, 0.1) is 0 Å². The van der Waals surface area contributed by atoms with Crippen molar-refractivity contribution in [1.29, 1.82) is 0 Å². The van der Waals surface area contributed by atoms with E-state index in [-0.39, 0.29) is 59.5 Å². The fraction of sp³-hybridized carbons (Fsp3) is 0.875. The summed E-state index contributed by atoms with van der Waals surface area (Å²) >= 11 is 0. The lowest BCUT2D eigenvalue weighted by Crippen LogP contribution is -2.42.